The number of nitrogens with one attached hydrogen (secondary N) is 2. The molecular weight excluding hydrogens is 242 g/mol. The van der Waals surface area contributed by atoms with Crippen molar-refractivity contribution in [1.29, 1.82) is 0 Å². The standard InChI is InChI=1S/C10H15N3O3S/c1-7(10(14)12-2)13-8-3-5-9(6-4-8)17(11,15)16/h3-7,13H,1-2H3,(H,12,14)(H2,11,15,16). The van der Waals surface area contributed by atoms with Gasteiger partial charge in [-0.15, -0.1) is 0 Å². The molecule has 7 heteroatoms. The number of sulfonamides is 1. The van der Waals surface area contributed by atoms with E-state index in [0.717, 1.165) is 0 Å². The molecule has 0 aliphatic heterocycles. The van der Waals surface area contributed by atoms with E-state index in [1.165, 1.54) is 12.1 Å². The number of anilines is 1. The van der Waals surface area contributed by atoms with Crippen molar-refractivity contribution in [2.45, 2.75) is 17.9 Å². The van der Waals surface area contributed by atoms with Crippen molar-refractivity contribution in [3.05, 3.63) is 24.3 Å². The Morgan fingerprint density at radius 3 is 2.24 bits per heavy atom. The van der Waals surface area contributed by atoms with Gasteiger partial charge in [-0.1, -0.05) is 0 Å². The van der Waals surface area contributed by atoms with Crippen LogP contribution in [0.25, 0.3) is 0 Å². The lowest BCUT2D eigenvalue weighted by molar-refractivity contribution is -0.121. The highest BCUT2D eigenvalue weighted by molar-refractivity contribution is 7.89. The molecule has 0 bridgehead atoms. The van der Waals surface area contributed by atoms with Crippen molar-refractivity contribution in [2.75, 3.05) is 12.4 Å². The molecule has 1 unspecified atom stereocenters. The van der Waals surface area contributed by atoms with Crippen molar-refractivity contribution < 1.29 is 13.2 Å². The fraction of sp³-hybridized carbons (Fsp3) is 0.300. The first-order chi connectivity index (χ1) is 7.84. The molecule has 1 aromatic carbocycles. The molecule has 6 nitrogen and oxygen atoms in total. The Bertz CT molecular complexity index is 496. The lowest BCUT2D eigenvalue weighted by atomic mass is 10.2. The van der Waals surface area contributed by atoms with Crippen molar-refractivity contribution in [3.8, 4) is 0 Å². The van der Waals surface area contributed by atoms with E-state index in [9.17, 15) is 13.2 Å². The predicted molar refractivity (Wildman–Crippen MR) is 65.0 cm³/mol. The molecule has 1 atom stereocenters. The van der Waals surface area contributed by atoms with Crippen molar-refractivity contribution >= 4 is 21.6 Å². The number of rotatable bonds is 4. The van der Waals surface area contributed by atoms with Crippen LogP contribution >= 0.6 is 0 Å². The van der Waals surface area contributed by atoms with Crippen molar-refractivity contribution in [3.63, 3.8) is 0 Å². The second-order valence-corrected chi connectivity index (χ2v) is 5.11. The number of hydrogen-bond donors (Lipinski definition) is 3. The van der Waals surface area contributed by atoms with Crippen molar-refractivity contribution in [1.82, 2.24) is 5.32 Å². The number of likely N-dealkylation sites (N-methyl/N-ethyl adjacent to an activating group) is 1. The Hall–Kier alpha value is -1.60. The van der Waals surface area contributed by atoms with Gasteiger partial charge in [0.15, 0.2) is 0 Å². The molecule has 1 aromatic rings. The molecule has 0 fully saturated rings. The Kier molecular flexibility index (Phi) is 4.08. The third-order valence-corrected chi connectivity index (χ3v) is 3.13. The van der Waals surface area contributed by atoms with Gasteiger partial charge in [0.25, 0.3) is 0 Å². The summed E-state index contributed by atoms with van der Waals surface area (Å²) in [5.41, 5.74) is 0.647. The smallest absolute Gasteiger partial charge is 0.241 e. The molecule has 0 aliphatic rings. The van der Waals surface area contributed by atoms with Crippen molar-refractivity contribution in [2.24, 2.45) is 5.14 Å². The van der Waals surface area contributed by atoms with Crippen LogP contribution in [0.5, 0.6) is 0 Å². The van der Waals surface area contributed by atoms with Crippen LogP contribution in [0.15, 0.2) is 29.2 Å². The number of carbonyl (C=O) groups excluding carboxylic acids is 1. The molecule has 4 N–H and O–H groups in total. The van der Waals surface area contributed by atoms with Crippen LogP contribution in [0.1, 0.15) is 6.92 Å². The monoisotopic (exact) mass is 257 g/mol. The predicted octanol–water partition coefficient (Wildman–Crippen LogP) is -0.120. The Morgan fingerprint density at radius 2 is 1.82 bits per heavy atom. The highest BCUT2D eigenvalue weighted by Gasteiger charge is 2.11. The van der Waals surface area contributed by atoms with Gasteiger partial charge < -0.3 is 10.6 Å². The van der Waals surface area contributed by atoms with Crippen LogP contribution in [0.4, 0.5) is 5.69 Å². The number of carbonyl (C=O) groups is 1. The summed E-state index contributed by atoms with van der Waals surface area (Å²) in [5, 5.41) is 10.4. The minimum absolute atomic E-state index is 0.0376. The minimum atomic E-state index is -3.68. The van der Waals surface area contributed by atoms with Gasteiger partial charge in [-0.3, -0.25) is 4.79 Å². The molecule has 1 amide bonds. The van der Waals surface area contributed by atoms with Gasteiger partial charge in [-0.25, -0.2) is 13.6 Å². The van der Waals surface area contributed by atoms with Gasteiger partial charge in [0, 0.05) is 12.7 Å². The Balaban J connectivity index is 2.79. The van der Waals surface area contributed by atoms with Gasteiger partial charge in [-0.05, 0) is 31.2 Å². The van der Waals surface area contributed by atoms with Crippen LogP contribution in [0, 0.1) is 0 Å². The average Bonchev–Trinajstić information content (AvgIpc) is 2.27. The van der Waals surface area contributed by atoms with Gasteiger partial charge in [0.2, 0.25) is 15.9 Å². The fourth-order valence-electron chi connectivity index (χ4n) is 1.27. The molecule has 0 aliphatic carbocycles. The first-order valence-corrected chi connectivity index (χ1v) is 6.50. The molecule has 0 spiro atoms. The molecular formula is C10H15N3O3S. The molecule has 94 valence electrons. The normalized spacial score (nSPS) is 12.9. The maximum Gasteiger partial charge on any atom is 0.241 e. The second-order valence-electron chi connectivity index (χ2n) is 3.55. The van der Waals surface area contributed by atoms with Crippen LogP contribution in [-0.4, -0.2) is 27.4 Å². The topological polar surface area (TPSA) is 101 Å². The van der Waals surface area contributed by atoms with E-state index < -0.39 is 16.1 Å². The summed E-state index contributed by atoms with van der Waals surface area (Å²) in [6.07, 6.45) is 0. The van der Waals surface area contributed by atoms with E-state index >= 15 is 0 Å². The van der Waals surface area contributed by atoms with Gasteiger partial charge >= 0.3 is 0 Å². The lowest BCUT2D eigenvalue weighted by Gasteiger charge is -2.13. The number of primary sulfonamides is 1. The summed E-state index contributed by atoms with van der Waals surface area (Å²) in [4.78, 5) is 11.3. The molecule has 0 saturated heterocycles. The molecule has 0 heterocycles. The largest absolute Gasteiger partial charge is 0.374 e. The summed E-state index contributed by atoms with van der Waals surface area (Å²) in [7, 11) is -2.13. The summed E-state index contributed by atoms with van der Waals surface area (Å²) in [6.45, 7) is 1.70. The first-order valence-electron chi connectivity index (χ1n) is 4.95. The van der Waals surface area contributed by atoms with Gasteiger partial charge in [0.1, 0.15) is 6.04 Å². The van der Waals surface area contributed by atoms with Crippen LogP contribution in [0.3, 0.4) is 0 Å². The maximum atomic E-state index is 11.3. The van der Waals surface area contributed by atoms with Gasteiger partial charge in [0.05, 0.1) is 4.90 Å². The number of hydrogen-bond acceptors (Lipinski definition) is 4. The lowest BCUT2D eigenvalue weighted by Crippen LogP contribution is -2.35. The zero-order chi connectivity index (χ0) is 13.1. The van der Waals surface area contributed by atoms with E-state index in [1.54, 1.807) is 26.1 Å². The summed E-state index contributed by atoms with van der Waals surface area (Å²) in [6, 6.07) is 5.47. The van der Waals surface area contributed by atoms with Crippen LogP contribution in [0.2, 0.25) is 0 Å². The fourth-order valence-corrected chi connectivity index (χ4v) is 1.79. The summed E-state index contributed by atoms with van der Waals surface area (Å²) >= 11 is 0. The second kappa shape index (κ2) is 5.15. The van der Waals surface area contributed by atoms with E-state index in [4.69, 9.17) is 5.14 Å². The number of amides is 1. The van der Waals surface area contributed by atoms with E-state index in [2.05, 4.69) is 10.6 Å². The summed E-state index contributed by atoms with van der Waals surface area (Å²) < 4.78 is 22.0. The van der Waals surface area contributed by atoms with Gasteiger partial charge in [-0.2, -0.15) is 0 Å². The molecule has 0 saturated carbocycles. The minimum Gasteiger partial charge on any atom is -0.374 e. The summed E-state index contributed by atoms with van der Waals surface area (Å²) in [5.74, 6) is -0.152. The Morgan fingerprint density at radius 1 is 1.29 bits per heavy atom. The molecule has 0 aromatic heterocycles. The molecule has 17 heavy (non-hydrogen) atoms. The van der Waals surface area contributed by atoms with E-state index in [-0.39, 0.29) is 10.8 Å². The average molecular weight is 257 g/mol. The third kappa shape index (κ3) is 3.72. The number of benzene rings is 1. The highest BCUT2D eigenvalue weighted by atomic mass is 32.2. The highest BCUT2D eigenvalue weighted by Crippen LogP contribution is 2.13. The quantitative estimate of drug-likeness (QED) is 0.700. The van der Waals surface area contributed by atoms with E-state index in [1.807, 2.05) is 0 Å². The van der Waals surface area contributed by atoms with Crippen LogP contribution < -0.4 is 15.8 Å². The molecule has 1 rings (SSSR count). The SMILES string of the molecule is CNC(=O)C(C)Nc1ccc(S(N)(=O)=O)cc1. The maximum absolute atomic E-state index is 11.3. The van der Waals surface area contributed by atoms with E-state index in [0.29, 0.717) is 5.69 Å². The first kappa shape index (κ1) is 13.5. The third-order valence-electron chi connectivity index (χ3n) is 2.21. The Labute approximate surface area is 100 Å². The molecule has 0 radical (unpaired) electrons. The number of nitrogens with two attached hydrogens (primary N) is 1. The zero-order valence-electron chi connectivity index (χ0n) is 9.60. The van der Waals surface area contributed by atoms with Crippen LogP contribution in [-0.2, 0) is 14.8 Å². The zero-order valence-corrected chi connectivity index (χ0v) is 10.4.